The van der Waals surface area contributed by atoms with Crippen LogP contribution in [0.1, 0.15) is 13.3 Å². The molecule has 7 nitrogen and oxygen atoms in total. The van der Waals surface area contributed by atoms with Crippen LogP contribution in [0.2, 0.25) is 0 Å². The molecule has 1 unspecified atom stereocenters. The van der Waals surface area contributed by atoms with Gasteiger partial charge in [-0.25, -0.2) is 0 Å². The van der Waals surface area contributed by atoms with Gasteiger partial charge in [-0.2, -0.15) is 5.10 Å². The zero-order valence-electron chi connectivity index (χ0n) is 11.1. The highest BCUT2D eigenvalue weighted by Gasteiger charge is 2.37. The molecule has 0 saturated carbocycles. The molecule has 0 aliphatic carbocycles. The molecule has 1 aromatic rings. The Morgan fingerprint density at radius 1 is 1.53 bits per heavy atom. The summed E-state index contributed by atoms with van der Waals surface area (Å²) in [6.07, 6.45) is 3.64. The van der Waals surface area contributed by atoms with Gasteiger partial charge in [-0.1, -0.05) is 0 Å². The average molecular weight is 266 g/mol. The fraction of sp³-hybridized carbons (Fsp3) is 0.583. The number of nitrogens with zero attached hydrogens (tertiary/aromatic N) is 3. The Morgan fingerprint density at radius 3 is 2.95 bits per heavy atom. The number of rotatable bonds is 6. The van der Waals surface area contributed by atoms with Crippen LogP contribution in [-0.2, 0) is 20.9 Å². The topological polar surface area (TPSA) is 76.5 Å². The Labute approximate surface area is 111 Å². The van der Waals surface area contributed by atoms with Crippen molar-refractivity contribution in [1.29, 1.82) is 0 Å². The molecule has 104 valence electrons. The Balaban J connectivity index is 1.96. The van der Waals surface area contributed by atoms with Gasteiger partial charge < -0.3 is 10.1 Å². The number of carbonyl (C=O) groups is 2. The fourth-order valence-corrected chi connectivity index (χ4v) is 2.07. The molecule has 1 fully saturated rings. The zero-order valence-corrected chi connectivity index (χ0v) is 11.1. The van der Waals surface area contributed by atoms with E-state index in [2.05, 4.69) is 10.4 Å². The number of aromatic nitrogens is 2. The number of amides is 2. The minimum absolute atomic E-state index is 0.128. The molecule has 0 aromatic carbocycles. The molecular weight excluding hydrogens is 248 g/mol. The number of hydrogen-bond acceptors (Lipinski definition) is 5. The molecule has 0 radical (unpaired) electrons. The lowest BCUT2D eigenvalue weighted by Crippen LogP contribution is -2.34. The summed E-state index contributed by atoms with van der Waals surface area (Å²) >= 11 is 0. The number of hydrogen-bond donors (Lipinski definition) is 1. The molecular formula is C12H18N4O3. The van der Waals surface area contributed by atoms with Crippen molar-refractivity contribution in [2.75, 3.05) is 25.6 Å². The highest BCUT2D eigenvalue weighted by atomic mass is 16.5. The van der Waals surface area contributed by atoms with Crippen LogP contribution in [0.5, 0.6) is 0 Å². The summed E-state index contributed by atoms with van der Waals surface area (Å²) in [6.45, 7) is 3.44. The van der Waals surface area contributed by atoms with Gasteiger partial charge in [-0.3, -0.25) is 19.2 Å². The standard InChI is InChI=1S/C12H18N4O3/c1-3-16-11(17)6-10(12(16)18)14-9-7-13-15(8-9)4-5-19-2/h7-8,10,14H,3-6H2,1-2H3. The van der Waals surface area contributed by atoms with Crippen LogP contribution in [0.25, 0.3) is 0 Å². The molecule has 0 bridgehead atoms. The minimum Gasteiger partial charge on any atom is -0.383 e. The first-order valence-corrected chi connectivity index (χ1v) is 6.27. The Kier molecular flexibility index (Phi) is 4.16. The summed E-state index contributed by atoms with van der Waals surface area (Å²) in [6, 6.07) is -0.479. The van der Waals surface area contributed by atoms with Crippen LogP contribution in [-0.4, -0.2) is 52.8 Å². The van der Waals surface area contributed by atoms with Crippen molar-refractivity contribution in [1.82, 2.24) is 14.7 Å². The fourth-order valence-electron chi connectivity index (χ4n) is 2.07. The van der Waals surface area contributed by atoms with E-state index >= 15 is 0 Å². The summed E-state index contributed by atoms with van der Waals surface area (Å²) < 4.78 is 6.69. The first kappa shape index (κ1) is 13.5. The SMILES string of the molecule is CCN1C(=O)CC(Nc2cnn(CCOC)c2)C1=O. The summed E-state index contributed by atoms with van der Waals surface area (Å²) in [5.41, 5.74) is 0.736. The van der Waals surface area contributed by atoms with Crippen LogP contribution in [0.4, 0.5) is 5.69 Å². The molecule has 2 rings (SSSR count). The van der Waals surface area contributed by atoms with Gasteiger partial charge in [0.25, 0.3) is 5.91 Å². The maximum Gasteiger partial charge on any atom is 0.252 e. The number of nitrogens with one attached hydrogen (secondary N) is 1. The number of methoxy groups -OCH3 is 1. The molecule has 1 aromatic heterocycles. The van der Waals surface area contributed by atoms with E-state index in [-0.39, 0.29) is 18.2 Å². The van der Waals surface area contributed by atoms with Crippen molar-refractivity contribution in [2.45, 2.75) is 25.9 Å². The van der Waals surface area contributed by atoms with Crippen molar-refractivity contribution >= 4 is 17.5 Å². The van der Waals surface area contributed by atoms with Gasteiger partial charge >= 0.3 is 0 Å². The van der Waals surface area contributed by atoms with Gasteiger partial charge in [-0.05, 0) is 6.92 Å². The van der Waals surface area contributed by atoms with Gasteiger partial charge in [0.2, 0.25) is 5.91 Å². The highest BCUT2D eigenvalue weighted by molar-refractivity contribution is 6.06. The largest absolute Gasteiger partial charge is 0.383 e. The monoisotopic (exact) mass is 266 g/mol. The lowest BCUT2D eigenvalue weighted by molar-refractivity contribution is -0.138. The van der Waals surface area contributed by atoms with Crippen LogP contribution in [0.15, 0.2) is 12.4 Å². The number of ether oxygens (including phenoxy) is 1. The van der Waals surface area contributed by atoms with E-state index in [1.807, 2.05) is 0 Å². The van der Waals surface area contributed by atoms with Crippen molar-refractivity contribution < 1.29 is 14.3 Å². The molecule has 2 amide bonds. The Morgan fingerprint density at radius 2 is 2.32 bits per heavy atom. The average Bonchev–Trinajstić information content (AvgIpc) is 2.93. The van der Waals surface area contributed by atoms with E-state index in [1.165, 1.54) is 4.90 Å². The van der Waals surface area contributed by atoms with Gasteiger partial charge in [0.1, 0.15) is 6.04 Å². The minimum atomic E-state index is -0.479. The van der Waals surface area contributed by atoms with E-state index in [0.717, 1.165) is 5.69 Å². The van der Waals surface area contributed by atoms with Gasteiger partial charge in [0.15, 0.2) is 0 Å². The third-order valence-electron chi connectivity index (χ3n) is 3.06. The van der Waals surface area contributed by atoms with Crippen molar-refractivity contribution in [3.8, 4) is 0 Å². The first-order valence-electron chi connectivity index (χ1n) is 6.27. The number of imide groups is 1. The second-order valence-electron chi connectivity index (χ2n) is 4.36. The highest BCUT2D eigenvalue weighted by Crippen LogP contribution is 2.17. The number of likely N-dealkylation sites (N-methyl/N-ethyl adjacent to an activating group) is 1. The normalized spacial score (nSPS) is 19.3. The molecule has 1 N–H and O–H groups in total. The zero-order chi connectivity index (χ0) is 13.8. The third-order valence-corrected chi connectivity index (χ3v) is 3.06. The van der Waals surface area contributed by atoms with Gasteiger partial charge in [0.05, 0.1) is 31.5 Å². The lowest BCUT2D eigenvalue weighted by Gasteiger charge is -2.12. The Bertz CT molecular complexity index is 471. The smallest absolute Gasteiger partial charge is 0.252 e. The van der Waals surface area contributed by atoms with E-state index in [9.17, 15) is 9.59 Å². The molecule has 2 heterocycles. The van der Waals surface area contributed by atoms with Gasteiger partial charge in [0, 0.05) is 19.9 Å². The van der Waals surface area contributed by atoms with Crippen molar-refractivity contribution in [3.05, 3.63) is 12.4 Å². The number of likely N-dealkylation sites (tertiary alicyclic amines) is 1. The van der Waals surface area contributed by atoms with Gasteiger partial charge in [-0.15, -0.1) is 0 Å². The van der Waals surface area contributed by atoms with E-state index in [4.69, 9.17) is 4.74 Å². The third kappa shape index (κ3) is 2.93. The molecule has 1 aliphatic rings. The Hall–Kier alpha value is -1.89. The summed E-state index contributed by atoms with van der Waals surface area (Å²) in [7, 11) is 1.63. The molecule has 7 heteroatoms. The summed E-state index contributed by atoms with van der Waals surface area (Å²) in [5.74, 6) is -0.297. The maximum atomic E-state index is 11.9. The second kappa shape index (κ2) is 5.83. The summed E-state index contributed by atoms with van der Waals surface area (Å²) in [5, 5.41) is 7.19. The molecule has 1 saturated heterocycles. The van der Waals surface area contributed by atoms with Crippen LogP contribution in [0.3, 0.4) is 0 Å². The van der Waals surface area contributed by atoms with Crippen LogP contribution >= 0.6 is 0 Å². The molecule has 0 spiro atoms. The van der Waals surface area contributed by atoms with E-state index in [1.54, 1.807) is 31.1 Å². The summed E-state index contributed by atoms with van der Waals surface area (Å²) in [4.78, 5) is 24.8. The maximum absolute atomic E-state index is 11.9. The van der Waals surface area contributed by atoms with Crippen LogP contribution < -0.4 is 5.32 Å². The van der Waals surface area contributed by atoms with Crippen molar-refractivity contribution in [2.24, 2.45) is 0 Å². The lowest BCUT2D eigenvalue weighted by atomic mass is 10.2. The molecule has 1 atom stereocenters. The van der Waals surface area contributed by atoms with Crippen molar-refractivity contribution in [3.63, 3.8) is 0 Å². The van der Waals surface area contributed by atoms with Crippen LogP contribution in [0, 0.1) is 0 Å². The molecule has 19 heavy (non-hydrogen) atoms. The number of anilines is 1. The van der Waals surface area contributed by atoms with E-state index < -0.39 is 6.04 Å². The van der Waals surface area contributed by atoms with E-state index in [0.29, 0.717) is 19.7 Å². The number of carbonyl (C=O) groups excluding carboxylic acids is 2. The molecule has 1 aliphatic heterocycles. The quantitative estimate of drug-likeness (QED) is 0.738. The first-order chi connectivity index (χ1) is 9.15. The predicted octanol–water partition coefficient (Wildman–Crippen LogP) is 0.0888. The predicted molar refractivity (Wildman–Crippen MR) is 68.5 cm³/mol. The second-order valence-corrected chi connectivity index (χ2v) is 4.36.